The summed E-state index contributed by atoms with van der Waals surface area (Å²) in [5.41, 5.74) is 5.71. The Morgan fingerprint density at radius 2 is 2.21 bits per heavy atom. The highest BCUT2D eigenvalue weighted by Gasteiger charge is 2.30. The second kappa shape index (κ2) is 6.72. The molecular weight excluding hydrogens is 321 g/mol. The van der Waals surface area contributed by atoms with Crippen LogP contribution in [0.25, 0.3) is 0 Å². The van der Waals surface area contributed by atoms with Crippen LogP contribution in [0.5, 0.6) is 11.5 Å². The van der Waals surface area contributed by atoms with Gasteiger partial charge < -0.3 is 20.3 Å². The van der Waals surface area contributed by atoms with Crippen LogP contribution in [0.1, 0.15) is 18.5 Å². The Hall–Kier alpha value is -1.34. The second-order valence-corrected chi connectivity index (χ2v) is 4.64. The summed E-state index contributed by atoms with van der Waals surface area (Å²) >= 11 is 3.19. The maximum atomic E-state index is 13.8. The van der Waals surface area contributed by atoms with Gasteiger partial charge in [0.05, 0.1) is 19.8 Å². The van der Waals surface area contributed by atoms with Gasteiger partial charge in [0.2, 0.25) is 6.17 Å². The fourth-order valence-electron chi connectivity index (χ4n) is 1.53. The summed E-state index contributed by atoms with van der Waals surface area (Å²) in [5, 5.41) is 9.90. The smallest absolute Gasteiger partial charge is 0.342 e. The molecule has 0 fully saturated rings. The molecule has 19 heavy (non-hydrogen) atoms. The van der Waals surface area contributed by atoms with Gasteiger partial charge in [-0.15, -0.1) is 0 Å². The molecule has 1 rings (SSSR count). The normalized spacial score (nSPS) is 13.7. The molecule has 0 aliphatic carbocycles. The standard InChI is InChI=1S/C12H15BrFNO4/c1-3-19-12(17)9(14)10(15)7-4-6(13)5-8(18-2)11(7)16/h4-5,9-10,16H,3,15H2,1-2H3/t9?,10-/m0/s1. The third-order valence-electron chi connectivity index (χ3n) is 2.48. The summed E-state index contributed by atoms with van der Waals surface area (Å²) in [7, 11) is 1.36. The molecule has 0 amide bonds. The van der Waals surface area contributed by atoms with E-state index >= 15 is 0 Å². The first kappa shape index (κ1) is 15.7. The summed E-state index contributed by atoms with van der Waals surface area (Å²) < 4.78 is 23.9. The minimum atomic E-state index is -2.06. The quantitative estimate of drug-likeness (QED) is 0.805. The van der Waals surface area contributed by atoms with Gasteiger partial charge in [-0.1, -0.05) is 15.9 Å². The van der Waals surface area contributed by atoms with E-state index in [9.17, 15) is 14.3 Å². The Morgan fingerprint density at radius 3 is 2.74 bits per heavy atom. The highest BCUT2D eigenvalue weighted by Crippen LogP contribution is 2.37. The minimum absolute atomic E-state index is 0.0553. The summed E-state index contributed by atoms with van der Waals surface area (Å²) in [6, 6.07) is 1.59. The third kappa shape index (κ3) is 3.57. The van der Waals surface area contributed by atoms with Crippen LogP contribution < -0.4 is 10.5 Å². The predicted molar refractivity (Wildman–Crippen MR) is 70.8 cm³/mol. The molecule has 2 atom stereocenters. The van der Waals surface area contributed by atoms with Gasteiger partial charge in [-0.25, -0.2) is 9.18 Å². The molecule has 1 aromatic carbocycles. The van der Waals surface area contributed by atoms with Crippen molar-refractivity contribution in [3.63, 3.8) is 0 Å². The number of hydrogen-bond donors (Lipinski definition) is 2. The number of ether oxygens (including phenoxy) is 2. The number of alkyl halides is 1. The molecule has 1 aromatic rings. The van der Waals surface area contributed by atoms with E-state index in [1.807, 2.05) is 0 Å². The maximum Gasteiger partial charge on any atom is 0.342 e. The van der Waals surface area contributed by atoms with Crippen LogP contribution in [-0.2, 0) is 9.53 Å². The monoisotopic (exact) mass is 335 g/mol. The van der Waals surface area contributed by atoms with Gasteiger partial charge in [-0.2, -0.15) is 0 Å². The lowest BCUT2D eigenvalue weighted by Gasteiger charge is -2.18. The van der Waals surface area contributed by atoms with E-state index in [4.69, 9.17) is 10.5 Å². The topological polar surface area (TPSA) is 81.8 Å². The molecule has 0 saturated heterocycles. The molecule has 106 valence electrons. The molecule has 0 bridgehead atoms. The number of methoxy groups -OCH3 is 1. The van der Waals surface area contributed by atoms with Crippen LogP contribution in [0.3, 0.4) is 0 Å². The Bertz CT molecular complexity index is 469. The van der Waals surface area contributed by atoms with E-state index in [2.05, 4.69) is 20.7 Å². The van der Waals surface area contributed by atoms with Gasteiger partial charge in [0.1, 0.15) is 0 Å². The maximum absolute atomic E-state index is 13.8. The van der Waals surface area contributed by atoms with Crippen molar-refractivity contribution in [1.82, 2.24) is 0 Å². The third-order valence-corrected chi connectivity index (χ3v) is 2.93. The Kier molecular flexibility index (Phi) is 5.56. The first-order chi connectivity index (χ1) is 8.92. The number of hydrogen-bond acceptors (Lipinski definition) is 5. The van der Waals surface area contributed by atoms with Crippen molar-refractivity contribution in [3.8, 4) is 11.5 Å². The van der Waals surface area contributed by atoms with Crippen LogP contribution in [-0.4, -0.2) is 31.0 Å². The molecule has 0 aromatic heterocycles. The molecule has 7 heteroatoms. The minimum Gasteiger partial charge on any atom is -0.504 e. The molecule has 0 aliphatic heterocycles. The second-order valence-electron chi connectivity index (χ2n) is 3.73. The number of phenolic OH excluding ortho intramolecular Hbond substituents is 1. The summed E-state index contributed by atoms with van der Waals surface area (Å²) in [6.07, 6.45) is -2.06. The number of nitrogens with two attached hydrogens (primary N) is 1. The summed E-state index contributed by atoms with van der Waals surface area (Å²) in [6.45, 7) is 1.62. The number of carbonyl (C=O) groups is 1. The summed E-state index contributed by atoms with van der Waals surface area (Å²) in [4.78, 5) is 11.3. The van der Waals surface area contributed by atoms with E-state index in [-0.39, 0.29) is 23.7 Å². The van der Waals surface area contributed by atoms with Crippen molar-refractivity contribution in [1.29, 1.82) is 0 Å². The highest BCUT2D eigenvalue weighted by atomic mass is 79.9. The highest BCUT2D eigenvalue weighted by molar-refractivity contribution is 9.10. The lowest BCUT2D eigenvalue weighted by molar-refractivity contribution is -0.149. The molecule has 5 nitrogen and oxygen atoms in total. The van der Waals surface area contributed by atoms with Crippen molar-refractivity contribution in [2.75, 3.05) is 13.7 Å². The fraction of sp³-hybridized carbons (Fsp3) is 0.417. The number of rotatable bonds is 5. The molecule has 0 heterocycles. The molecular formula is C12H15BrFNO4. The lowest BCUT2D eigenvalue weighted by Crippen LogP contribution is -2.31. The fourth-order valence-corrected chi connectivity index (χ4v) is 1.98. The molecule has 0 saturated carbocycles. The van der Waals surface area contributed by atoms with Crippen LogP contribution >= 0.6 is 15.9 Å². The van der Waals surface area contributed by atoms with Crippen LogP contribution in [0.2, 0.25) is 0 Å². The molecule has 1 unspecified atom stereocenters. The van der Waals surface area contributed by atoms with Gasteiger partial charge in [-0.3, -0.25) is 0 Å². The van der Waals surface area contributed by atoms with E-state index in [0.717, 1.165) is 0 Å². The Morgan fingerprint density at radius 1 is 1.58 bits per heavy atom. The number of carbonyl (C=O) groups excluding carboxylic acids is 1. The molecule has 3 N–H and O–H groups in total. The zero-order valence-corrected chi connectivity index (χ0v) is 12.1. The van der Waals surface area contributed by atoms with Crippen molar-refractivity contribution in [2.24, 2.45) is 5.73 Å². The number of aromatic hydroxyl groups is 1. The zero-order valence-electron chi connectivity index (χ0n) is 10.5. The van der Waals surface area contributed by atoms with Gasteiger partial charge in [-0.05, 0) is 19.1 Å². The van der Waals surface area contributed by atoms with Crippen LogP contribution in [0.4, 0.5) is 4.39 Å². The van der Waals surface area contributed by atoms with E-state index in [1.165, 1.54) is 19.2 Å². The van der Waals surface area contributed by atoms with Gasteiger partial charge in [0, 0.05) is 10.0 Å². The molecule has 0 spiro atoms. The zero-order chi connectivity index (χ0) is 14.6. The van der Waals surface area contributed by atoms with E-state index in [0.29, 0.717) is 4.47 Å². The lowest BCUT2D eigenvalue weighted by atomic mass is 10.0. The number of benzene rings is 1. The number of halogens is 2. The molecule has 0 aliphatic rings. The number of phenols is 1. The first-order valence-corrected chi connectivity index (χ1v) is 6.34. The van der Waals surface area contributed by atoms with Gasteiger partial charge >= 0.3 is 5.97 Å². The average molecular weight is 336 g/mol. The van der Waals surface area contributed by atoms with Crippen LogP contribution in [0.15, 0.2) is 16.6 Å². The van der Waals surface area contributed by atoms with Crippen LogP contribution in [0, 0.1) is 0 Å². The van der Waals surface area contributed by atoms with Gasteiger partial charge in [0.25, 0.3) is 0 Å². The molecule has 0 radical (unpaired) electrons. The van der Waals surface area contributed by atoms with Crippen molar-refractivity contribution in [3.05, 3.63) is 22.2 Å². The van der Waals surface area contributed by atoms with Crippen molar-refractivity contribution in [2.45, 2.75) is 19.1 Å². The largest absolute Gasteiger partial charge is 0.504 e. The summed E-state index contributed by atoms with van der Waals surface area (Å²) in [5.74, 6) is -1.23. The van der Waals surface area contributed by atoms with Gasteiger partial charge in [0.15, 0.2) is 11.5 Å². The van der Waals surface area contributed by atoms with Crippen molar-refractivity contribution < 1.29 is 23.8 Å². The first-order valence-electron chi connectivity index (χ1n) is 5.55. The number of esters is 1. The average Bonchev–Trinajstić information content (AvgIpc) is 2.39. The SMILES string of the molecule is CCOC(=O)C(F)[C@@H](N)c1cc(Br)cc(OC)c1O. The Labute approximate surface area is 118 Å². The van der Waals surface area contributed by atoms with E-state index in [1.54, 1.807) is 6.92 Å². The predicted octanol–water partition coefficient (Wildman–Crippen LogP) is 2.06. The van der Waals surface area contributed by atoms with Crippen molar-refractivity contribution >= 4 is 21.9 Å². The van der Waals surface area contributed by atoms with E-state index < -0.39 is 18.2 Å². The Balaban J connectivity index is 3.08.